The SMILES string of the molecule is CCCC(O)C(CC)CO.CCCCC(=COC=C(CC)CCCC)CC. The number of allylic oxidation sites excluding steroid dienone is 2. The van der Waals surface area contributed by atoms with Crippen molar-refractivity contribution < 1.29 is 14.9 Å². The lowest BCUT2D eigenvalue weighted by Gasteiger charge is -2.17. The predicted octanol–water partition coefficient (Wildman–Crippen LogP) is 7.14. The van der Waals surface area contributed by atoms with E-state index in [4.69, 9.17) is 9.84 Å². The Bertz CT molecular complexity index is 333. The Hall–Kier alpha value is -0.800. The number of rotatable bonds is 15. The van der Waals surface area contributed by atoms with Crippen molar-refractivity contribution in [3.63, 3.8) is 0 Å². The van der Waals surface area contributed by atoms with Crippen molar-refractivity contribution in [2.45, 2.75) is 118 Å². The first-order chi connectivity index (χ1) is 13.0. The largest absolute Gasteiger partial charge is 0.473 e. The summed E-state index contributed by atoms with van der Waals surface area (Å²) in [4.78, 5) is 0. The van der Waals surface area contributed by atoms with Crippen LogP contribution >= 0.6 is 0 Å². The van der Waals surface area contributed by atoms with E-state index in [9.17, 15) is 5.11 Å². The van der Waals surface area contributed by atoms with Crippen molar-refractivity contribution in [3.05, 3.63) is 23.7 Å². The lowest BCUT2D eigenvalue weighted by atomic mass is 9.97. The van der Waals surface area contributed by atoms with E-state index in [1.54, 1.807) is 0 Å². The van der Waals surface area contributed by atoms with E-state index in [0.717, 1.165) is 32.1 Å². The predicted molar refractivity (Wildman–Crippen MR) is 119 cm³/mol. The van der Waals surface area contributed by atoms with Gasteiger partial charge in [-0.25, -0.2) is 0 Å². The Labute approximate surface area is 169 Å². The van der Waals surface area contributed by atoms with Crippen LogP contribution in [0.1, 0.15) is 112 Å². The number of hydrogen-bond donors (Lipinski definition) is 2. The van der Waals surface area contributed by atoms with E-state index < -0.39 is 0 Å². The van der Waals surface area contributed by atoms with Crippen LogP contribution in [0.4, 0.5) is 0 Å². The summed E-state index contributed by atoms with van der Waals surface area (Å²) >= 11 is 0. The lowest BCUT2D eigenvalue weighted by Crippen LogP contribution is -2.22. The molecule has 0 bridgehead atoms. The van der Waals surface area contributed by atoms with Crippen molar-refractivity contribution in [2.24, 2.45) is 5.92 Å². The third-order valence-corrected chi connectivity index (χ3v) is 4.97. The third kappa shape index (κ3) is 17.1. The zero-order valence-electron chi connectivity index (χ0n) is 19.1. The number of hydrogen-bond acceptors (Lipinski definition) is 3. The van der Waals surface area contributed by atoms with Gasteiger partial charge in [-0.2, -0.15) is 0 Å². The van der Waals surface area contributed by atoms with Gasteiger partial charge in [0.15, 0.2) is 0 Å². The minimum atomic E-state index is -0.306. The molecule has 27 heavy (non-hydrogen) atoms. The van der Waals surface area contributed by atoms with Crippen LogP contribution in [-0.4, -0.2) is 22.9 Å². The number of aliphatic hydroxyl groups excluding tert-OH is 2. The molecule has 2 atom stereocenters. The summed E-state index contributed by atoms with van der Waals surface area (Å²) < 4.78 is 5.61. The normalized spacial score (nSPS) is 14.4. The summed E-state index contributed by atoms with van der Waals surface area (Å²) in [5, 5.41) is 18.1. The van der Waals surface area contributed by atoms with Crippen LogP contribution in [0.5, 0.6) is 0 Å². The van der Waals surface area contributed by atoms with Crippen LogP contribution in [0, 0.1) is 5.92 Å². The summed E-state index contributed by atoms with van der Waals surface area (Å²) in [6, 6.07) is 0. The average molecular weight is 385 g/mol. The highest BCUT2D eigenvalue weighted by Crippen LogP contribution is 2.14. The maximum Gasteiger partial charge on any atom is 0.0893 e. The molecule has 2 N–H and O–H groups in total. The van der Waals surface area contributed by atoms with E-state index >= 15 is 0 Å². The number of ether oxygens (including phenoxy) is 1. The highest BCUT2D eigenvalue weighted by Gasteiger charge is 2.14. The summed E-state index contributed by atoms with van der Waals surface area (Å²) in [5.74, 6) is 0.0833. The molecular formula is C24H48O3. The molecule has 0 aliphatic rings. The van der Waals surface area contributed by atoms with E-state index in [0.29, 0.717) is 0 Å². The van der Waals surface area contributed by atoms with Gasteiger partial charge in [-0.15, -0.1) is 0 Å². The van der Waals surface area contributed by atoms with Crippen LogP contribution in [0.3, 0.4) is 0 Å². The molecule has 3 nitrogen and oxygen atoms in total. The molecule has 162 valence electrons. The average Bonchev–Trinajstić information content (AvgIpc) is 2.68. The molecule has 0 aromatic carbocycles. The van der Waals surface area contributed by atoms with Crippen molar-refractivity contribution in [2.75, 3.05) is 6.61 Å². The second-order valence-corrected chi connectivity index (χ2v) is 7.31. The van der Waals surface area contributed by atoms with Gasteiger partial charge in [0.25, 0.3) is 0 Å². The van der Waals surface area contributed by atoms with Gasteiger partial charge >= 0.3 is 0 Å². The Kier molecular flexibility index (Phi) is 22.6. The minimum Gasteiger partial charge on any atom is -0.473 e. The van der Waals surface area contributed by atoms with E-state index in [1.807, 2.05) is 26.4 Å². The van der Waals surface area contributed by atoms with Crippen molar-refractivity contribution in [3.8, 4) is 0 Å². The van der Waals surface area contributed by atoms with Gasteiger partial charge in [-0.1, -0.05) is 60.8 Å². The van der Waals surface area contributed by atoms with Crippen LogP contribution in [-0.2, 0) is 4.74 Å². The monoisotopic (exact) mass is 384 g/mol. The summed E-state index contributed by atoms with van der Waals surface area (Å²) in [5.41, 5.74) is 2.85. The fraction of sp³-hybridized carbons (Fsp3) is 0.833. The van der Waals surface area contributed by atoms with Crippen LogP contribution < -0.4 is 0 Å². The summed E-state index contributed by atoms with van der Waals surface area (Å²) in [6.45, 7) is 13.0. The molecule has 0 saturated carbocycles. The first kappa shape index (κ1) is 28.4. The molecule has 0 fully saturated rings. The van der Waals surface area contributed by atoms with Gasteiger partial charge in [0.1, 0.15) is 0 Å². The molecule has 0 saturated heterocycles. The molecule has 0 aromatic heterocycles. The zero-order valence-corrected chi connectivity index (χ0v) is 19.1. The Morgan fingerprint density at radius 3 is 1.59 bits per heavy atom. The first-order valence-electron chi connectivity index (χ1n) is 11.3. The molecule has 0 spiro atoms. The molecule has 0 rings (SSSR count). The van der Waals surface area contributed by atoms with Gasteiger partial charge in [-0.3, -0.25) is 0 Å². The topological polar surface area (TPSA) is 49.7 Å². The van der Waals surface area contributed by atoms with E-state index in [2.05, 4.69) is 27.7 Å². The number of unbranched alkanes of at least 4 members (excludes halogenated alkanes) is 2. The van der Waals surface area contributed by atoms with Gasteiger partial charge in [-0.05, 0) is 62.5 Å². The maximum atomic E-state index is 9.35. The standard InChI is InChI=1S/C16H30O.C8H18O2/c1-5-9-11-15(7-3)13-17-14-16(8-4)12-10-6-2;1-3-5-8(10)7(4-2)6-9/h13-14H,5-12H2,1-4H3;7-10H,3-6H2,1-2H3. The van der Waals surface area contributed by atoms with Crippen LogP contribution in [0.15, 0.2) is 23.7 Å². The summed E-state index contributed by atoms with van der Waals surface area (Å²) in [6.07, 6.45) is 15.9. The maximum absolute atomic E-state index is 9.35. The zero-order chi connectivity index (χ0) is 20.9. The first-order valence-corrected chi connectivity index (χ1v) is 11.3. The molecule has 0 radical (unpaired) electrons. The second-order valence-electron chi connectivity index (χ2n) is 7.31. The molecule has 0 aliphatic carbocycles. The van der Waals surface area contributed by atoms with Gasteiger partial charge in [0.2, 0.25) is 0 Å². The third-order valence-electron chi connectivity index (χ3n) is 4.97. The molecule has 3 heteroatoms. The Balaban J connectivity index is 0. The van der Waals surface area contributed by atoms with Crippen molar-refractivity contribution in [1.29, 1.82) is 0 Å². The van der Waals surface area contributed by atoms with Gasteiger partial charge in [0.05, 0.1) is 18.6 Å². The highest BCUT2D eigenvalue weighted by molar-refractivity contribution is 5.01. The Morgan fingerprint density at radius 1 is 0.815 bits per heavy atom. The van der Waals surface area contributed by atoms with Crippen LogP contribution in [0.25, 0.3) is 0 Å². The molecule has 0 aliphatic heterocycles. The molecule has 0 aromatic rings. The molecular weight excluding hydrogens is 336 g/mol. The van der Waals surface area contributed by atoms with Gasteiger partial charge in [0, 0.05) is 12.5 Å². The molecule has 0 heterocycles. The highest BCUT2D eigenvalue weighted by atomic mass is 16.5. The Morgan fingerprint density at radius 2 is 1.30 bits per heavy atom. The van der Waals surface area contributed by atoms with Crippen molar-refractivity contribution in [1.82, 2.24) is 0 Å². The minimum absolute atomic E-state index is 0.0833. The quantitative estimate of drug-likeness (QED) is 0.295. The fourth-order valence-corrected chi connectivity index (χ4v) is 2.73. The van der Waals surface area contributed by atoms with E-state index in [1.165, 1.54) is 49.7 Å². The second kappa shape index (κ2) is 21.5. The molecule has 2 unspecified atom stereocenters. The molecule has 0 amide bonds. The fourth-order valence-electron chi connectivity index (χ4n) is 2.73. The lowest BCUT2D eigenvalue weighted by molar-refractivity contribution is 0.0584. The van der Waals surface area contributed by atoms with E-state index in [-0.39, 0.29) is 18.6 Å². The van der Waals surface area contributed by atoms with Crippen LogP contribution in [0.2, 0.25) is 0 Å². The smallest absolute Gasteiger partial charge is 0.0893 e. The van der Waals surface area contributed by atoms with Crippen molar-refractivity contribution >= 4 is 0 Å². The summed E-state index contributed by atoms with van der Waals surface area (Å²) in [7, 11) is 0. The van der Waals surface area contributed by atoms with Gasteiger partial charge < -0.3 is 14.9 Å². The number of aliphatic hydroxyl groups is 2.